The van der Waals surface area contributed by atoms with E-state index in [0.29, 0.717) is 12.1 Å². The van der Waals surface area contributed by atoms with Gasteiger partial charge in [-0.2, -0.15) is 0 Å². The Morgan fingerprint density at radius 1 is 1.27 bits per heavy atom. The molecule has 1 N–H and O–H groups in total. The Hall–Kier alpha value is -2.18. The number of aromatic nitrogens is 2. The van der Waals surface area contributed by atoms with Gasteiger partial charge < -0.3 is 14.8 Å². The van der Waals surface area contributed by atoms with Gasteiger partial charge in [-0.25, -0.2) is 0 Å². The normalized spacial score (nSPS) is 17.0. The summed E-state index contributed by atoms with van der Waals surface area (Å²) in [5, 5.41) is 3.39. The lowest BCUT2D eigenvalue weighted by Gasteiger charge is -2.31. The van der Waals surface area contributed by atoms with Gasteiger partial charge in [0.1, 0.15) is 0 Å². The molecule has 1 aliphatic rings. The van der Waals surface area contributed by atoms with E-state index in [2.05, 4.69) is 10.3 Å². The summed E-state index contributed by atoms with van der Waals surface area (Å²) in [6.07, 6.45) is 6.30. The molecular weight excluding hydrogens is 352 g/mol. The zero-order valence-electron chi connectivity index (χ0n) is 14.9. The third-order valence-electron chi connectivity index (χ3n) is 4.64. The first-order valence-electron chi connectivity index (χ1n) is 8.73. The molecule has 0 aliphatic carbocycles. The summed E-state index contributed by atoms with van der Waals surface area (Å²) in [6.45, 7) is 2.37. The van der Waals surface area contributed by atoms with E-state index < -0.39 is 0 Å². The van der Waals surface area contributed by atoms with Gasteiger partial charge in [0.05, 0.1) is 17.8 Å². The lowest BCUT2D eigenvalue weighted by atomic mass is 10.1. The molecule has 0 aromatic carbocycles. The van der Waals surface area contributed by atoms with Crippen molar-refractivity contribution in [1.82, 2.24) is 19.8 Å². The molecule has 3 heterocycles. The predicted molar refractivity (Wildman–Crippen MR) is 104 cm³/mol. The summed E-state index contributed by atoms with van der Waals surface area (Å²) >= 11 is 0. The minimum Gasteiger partial charge on any atom is -0.330 e. The molecule has 0 radical (unpaired) electrons. The van der Waals surface area contributed by atoms with Gasteiger partial charge in [0.25, 0.3) is 5.91 Å². The quantitative estimate of drug-likeness (QED) is 0.886. The second-order valence-electron chi connectivity index (χ2n) is 6.46. The summed E-state index contributed by atoms with van der Waals surface area (Å²) in [5.41, 5.74) is 1.29. The topological polar surface area (TPSA) is 67.2 Å². The molecule has 1 saturated heterocycles. The summed E-state index contributed by atoms with van der Waals surface area (Å²) in [6, 6.07) is 8.98. The minimum atomic E-state index is -0.119. The summed E-state index contributed by atoms with van der Waals surface area (Å²) in [4.78, 5) is 31.1. The zero-order chi connectivity index (χ0) is 17.6. The predicted octanol–water partition coefficient (Wildman–Crippen LogP) is 1.99. The Morgan fingerprint density at radius 2 is 2.12 bits per heavy atom. The van der Waals surface area contributed by atoms with Crippen molar-refractivity contribution in [2.24, 2.45) is 7.05 Å². The Labute approximate surface area is 159 Å². The highest BCUT2D eigenvalue weighted by Crippen LogP contribution is 2.19. The van der Waals surface area contributed by atoms with E-state index >= 15 is 0 Å². The van der Waals surface area contributed by atoms with Crippen LogP contribution in [0.1, 0.15) is 35.3 Å². The number of hydrogen-bond acceptors (Lipinski definition) is 4. The van der Waals surface area contributed by atoms with Crippen LogP contribution in [-0.4, -0.2) is 39.5 Å². The van der Waals surface area contributed by atoms with Crippen LogP contribution in [0.4, 0.5) is 0 Å². The summed E-state index contributed by atoms with van der Waals surface area (Å²) < 4.78 is 1.45. The van der Waals surface area contributed by atoms with Crippen LogP contribution in [0.25, 0.3) is 0 Å². The number of nitrogens with one attached hydrogen (secondary N) is 1. The number of amides is 1. The molecule has 1 atom stereocenters. The van der Waals surface area contributed by atoms with Gasteiger partial charge in [0, 0.05) is 31.5 Å². The zero-order valence-corrected chi connectivity index (χ0v) is 15.7. The monoisotopic (exact) mass is 376 g/mol. The van der Waals surface area contributed by atoms with Crippen LogP contribution in [-0.2, 0) is 13.6 Å². The molecule has 1 amide bonds. The van der Waals surface area contributed by atoms with Gasteiger partial charge in [-0.15, -0.1) is 12.4 Å². The first-order valence-corrected chi connectivity index (χ1v) is 8.73. The van der Waals surface area contributed by atoms with Crippen LogP contribution in [0.15, 0.2) is 47.5 Å². The highest BCUT2D eigenvalue weighted by atomic mass is 35.5. The lowest BCUT2D eigenvalue weighted by molar-refractivity contribution is 0.0641. The fraction of sp³-hybridized carbons (Fsp3) is 0.421. The van der Waals surface area contributed by atoms with Crippen LogP contribution >= 0.6 is 12.4 Å². The Balaban J connectivity index is 0.00000243. The molecule has 1 unspecified atom stereocenters. The van der Waals surface area contributed by atoms with Crippen LogP contribution in [0.3, 0.4) is 0 Å². The smallest absolute Gasteiger partial charge is 0.255 e. The van der Waals surface area contributed by atoms with Crippen molar-refractivity contribution in [1.29, 1.82) is 0 Å². The molecule has 0 spiro atoms. The van der Waals surface area contributed by atoms with Gasteiger partial charge in [-0.05, 0) is 50.6 Å². The Morgan fingerprint density at radius 3 is 2.85 bits per heavy atom. The Kier molecular flexibility index (Phi) is 7.36. The average Bonchev–Trinajstić information content (AvgIpc) is 2.91. The molecule has 1 aliphatic heterocycles. The molecule has 6 nitrogen and oxygen atoms in total. The second-order valence-corrected chi connectivity index (χ2v) is 6.46. The van der Waals surface area contributed by atoms with Gasteiger partial charge in [-0.3, -0.25) is 14.6 Å². The van der Waals surface area contributed by atoms with Gasteiger partial charge in [-0.1, -0.05) is 6.07 Å². The standard InChI is InChI=1S/C19H24N4O2.ClH/c1-22-13-15(7-8-18(22)24)19(25)23(14-16-5-2-3-11-21-16)17-6-4-10-20-12-9-17;/h2-3,5,7-8,11,13,17,20H,4,6,9-10,12,14H2,1H3;1H. The maximum atomic E-state index is 13.2. The Bertz CT molecular complexity index is 771. The van der Waals surface area contributed by atoms with Crippen molar-refractivity contribution in [3.05, 3.63) is 64.3 Å². The van der Waals surface area contributed by atoms with E-state index in [4.69, 9.17) is 0 Å². The number of nitrogens with zero attached hydrogens (tertiary/aromatic N) is 3. The number of halogens is 1. The molecule has 2 aromatic rings. The van der Waals surface area contributed by atoms with Crippen molar-refractivity contribution < 1.29 is 4.79 Å². The molecule has 2 aromatic heterocycles. The molecule has 0 bridgehead atoms. The number of aryl methyl sites for hydroxylation is 1. The number of carbonyl (C=O) groups is 1. The van der Waals surface area contributed by atoms with Gasteiger partial charge >= 0.3 is 0 Å². The van der Waals surface area contributed by atoms with E-state index in [1.54, 1.807) is 25.5 Å². The van der Waals surface area contributed by atoms with Crippen molar-refractivity contribution in [3.8, 4) is 0 Å². The van der Waals surface area contributed by atoms with Crippen molar-refractivity contribution >= 4 is 18.3 Å². The molecule has 3 rings (SSSR count). The van der Waals surface area contributed by atoms with E-state index in [1.165, 1.54) is 10.6 Å². The van der Waals surface area contributed by atoms with E-state index in [1.807, 2.05) is 23.1 Å². The van der Waals surface area contributed by atoms with Crippen molar-refractivity contribution in [2.75, 3.05) is 13.1 Å². The highest BCUT2D eigenvalue weighted by Gasteiger charge is 2.26. The minimum absolute atomic E-state index is 0. The molecular formula is C19H25ClN4O2. The molecule has 0 saturated carbocycles. The van der Waals surface area contributed by atoms with Crippen LogP contribution in [0.5, 0.6) is 0 Å². The average molecular weight is 377 g/mol. The molecule has 1 fully saturated rings. The SMILES string of the molecule is Cl.Cn1cc(C(=O)N(Cc2ccccn2)C2CCCNCC2)ccc1=O. The number of hydrogen-bond donors (Lipinski definition) is 1. The number of pyridine rings is 2. The molecule has 140 valence electrons. The second kappa shape index (κ2) is 9.50. The number of rotatable bonds is 4. The first-order chi connectivity index (χ1) is 12.1. The van der Waals surface area contributed by atoms with E-state index in [0.717, 1.165) is 38.0 Å². The maximum absolute atomic E-state index is 13.2. The highest BCUT2D eigenvalue weighted by molar-refractivity contribution is 5.94. The fourth-order valence-electron chi connectivity index (χ4n) is 3.23. The summed E-state index contributed by atoms with van der Waals surface area (Å²) in [5.74, 6) is -0.0480. The summed E-state index contributed by atoms with van der Waals surface area (Å²) in [7, 11) is 1.66. The van der Waals surface area contributed by atoms with Gasteiger partial charge in [0.15, 0.2) is 0 Å². The van der Waals surface area contributed by atoms with Crippen LogP contribution in [0, 0.1) is 0 Å². The van der Waals surface area contributed by atoms with Crippen LogP contribution in [0.2, 0.25) is 0 Å². The van der Waals surface area contributed by atoms with E-state index in [-0.39, 0.29) is 29.9 Å². The van der Waals surface area contributed by atoms with Crippen LogP contribution < -0.4 is 10.9 Å². The maximum Gasteiger partial charge on any atom is 0.255 e. The lowest BCUT2D eigenvalue weighted by Crippen LogP contribution is -2.41. The van der Waals surface area contributed by atoms with Crippen molar-refractivity contribution in [2.45, 2.75) is 31.8 Å². The van der Waals surface area contributed by atoms with E-state index in [9.17, 15) is 9.59 Å². The third-order valence-corrected chi connectivity index (χ3v) is 4.64. The molecule has 26 heavy (non-hydrogen) atoms. The largest absolute Gasteiger partial charge is 0.330 e. The fourth-order valence-corrected chi connectivity index (χ4v) is 3.23. The first kappa shape index (κ1) is 20.1. The third kappa shape index (κ3) is 4.93. The van der Waals surface area contributed by atoms with Crippen molar-refractivity contribution in [3.63, 3.8) is 0 Å². The number of carbonyl (C=O) groups excluding carboxylic acids is 1. The van der Waals surface area contributed by atoms with Gasteiger partial charge in [0.2, 0.25) is 5.56 Å². The molecule has 7 heteroatoms.